The van der Waals surface area contributed by atoms with Crippen LogP contribution in [-0.4, -0.2) is 19.5 Å². The zero-order valence-electron chi connectivity index (χ0n) is 12.0. The molecule has 0 aromatic heterocycles. The predicted molar refractivity (Wildman–Crippen MR) is 74.2 cm³/mol. The van der Waals surface area contributed by atoms with E-state index in [1.165, 1.54) is 25.7 Å². The van der Waals surface area contributed by atoms with Gasteiger partial charge in [-0.05, 0) is 19.8 Å². The molecule has 0 fully saturated rings. The van der Waals surface area contributed by atoms with Crippen molar-refractivity contribution >= 4 is 0 Å². The van der Waals surface area contributed by atoms with Crippen LogP contribution in [0, 0.1) is 0 Å². The SMILES string of the molecule is C=C(C)CC(OCCCCC)OCCCCC. The summed E-state index contributed by atoms with van der Waals surface area (Å²) in [5, 5.41) is 0. The van der Waals surface area contributed by atoms with Crippen molar-refractivity contribution in [2.24, 2.45) is 0 Å². The minimum atomic E-state index is -0.0822. The molecule has 0 radical (unpaired) electrons. The van der Waals surface area contributed by atoms with Gasteiger partial charge < -0.3 is 9.47 Å². The molecule has 0 unspecified atom stereocenters. The molecule has 0 saturated carbocycles. The first-order chi connectivity index (χ1) is 8.20. The van der Waals surface area contributed by atoms with Gasteiger partial charge in [0.1, 0.15) is 0 Å². The first kappa shape index (κ1) is 16.7. The predicted octanol–water partition coefficient (Wildman–Crippen LogP) is 4.69. The van der Waals surface area contributed by atoms with Crippen molar-refractivity contribution in [2.45, 2.75) is 72.0 Å². The largest absolute Gasteiger partial charge is 0.352 e. The van der Waals surface area contributed by atoms with Crippen LogP contribution in [0.3, 0.4) is 0 Å². The van der Waals surface area contributed by atoms with E-state index < -0.39 is 0 Å². The van der Waals surface area contributed by atoms with E-state index >= 15 is 0 Å². The minimum Gasteiger partial charge on any atom is -0.352 e. The highest BCUT2D eigenvalue weighted by Crippen LogP contribution is 2.10. The van der Waals surface area contributed by atoms with Crippen LogP contribution in [0.5, 0.6) is 0 Å². The summed E-state index contributed by atoms with van der Waals surface area (Å²) in [5.74, 6) is 0. The third kappa shape index (κ3) is 11.9. The van der Waals surface area contributed by atoms with Crippen LogP contribution in [0.15, 0.2) is 12.2 Å². The number of hydrogen-bond acceptors (Lipinski definition) is 2. The van der Waals surface area contributed by atoms with E-state index in [0.717, 1.165) is 38.0 Å². The number of hydrogen-bond donors (Lipinski definition) is 0. The van der Waals surface area contributed by atoms with Gasteiger partial charge in [0.05, 0.1) is 0 Å². The Kier molecular flexibility index (Phi) is 11.9. The number of ether oxygens (including phenoxy) is 2. The summed E-state index contributed by atoms with van der Waals surface area (Å²) in [5.41, 5.74) is 1.13. The Labute approximate surface area is 107 Å². The molecule has 0 spiro atoms. The Morgan fingerprint density at radius 1 is 0.941 bits per heavy atom. The van der Waals surface area contributed by atoms with E-state index in [-0.39, 0.29) is 6.29 Å². The van der Waals surface area contributed by atoms with Gasteiger partial charge >= 0.3 is 0 Å². The molecule has 0 amide bonds. The normalized spacial score (nSPS) is 11.1. The van der Waals surface area contributed by atoms with Crippen LogP contribution in [0.1, 0.15) is 65.7 Å². The maximum absolute atomic E-state index is 5.75. The summed E-state index contributed by atoms with van der Waals surface area (Å²) in [6.45, 7) is 12.0. The van der Waals surface area contributed by atoms with Gasteiger partial charge in [-0.25, -0.2) is 0 Å². The lowest BCUT2D eigenvalue weighted by atomic mass is 10.2. The summed E-state index contributed by atoms with van der Waals surface area (Å²) in [6.07, 6.45) is 7.91. The third-order valence-corrected chi connectivity index (χ3v) is 2.62. The second-order valence-electron chi connectivity index (χ2n) is 4.75. The van der Waals surface area contributed by atoms with Gasteiger partial charge in [-0.3, -0.25) is 0 Å². The summed E-state index contributed by atoms with van der Waals surface area (Å²) in [7, 11) is 0. The molecule has 0 N–H and O–H groups in total. The average molecular weight is 242 g/mol. The molecule has 0 aliphatic carbocycles. The molecule has 2 nitrogen and oxygen atoms in total. The van der Waals surface area contributed by atoms with Crippen molar-refractivity contribution in [1.29, 1.82) is 0 Å². The zero-order valence-corrected chi connectivity index (χ0v) is 12.0. The lowest BCUT2D eigenvalue weighted by Crippen LogP contribution is -2.19. The second-order valence-corrected chi connectivity index (χ2v) is 4.75. The molecule has 0 atom stereocenters. The van der Waals surface area contributed by atoms with Crippen molar-refractivity contribution in [1.82, 2.24) is 0 Å². The van der Waals surface area contributed by atoms with Crippen molar-refractivity contribution < 1.29 is 9.47 Å². The number of unbranched alkanes of at least 4 members (excludes halogenated alkanes) is 4. The van der Waals surface area contributed by atoms with Crippen molar-refractivity contribution in [3.63, 3.8) is 0 Å². The molecule has 102 valence electrons. The lowest BCUT2D eigenvalue weighted by molar-refractivity contribution is -0.142. The number of rotatable bonds is 12. The summed E-state index contributed by atoms with van der Waals surface area (Å²) in [6, 6.07) is 0. The van der Waals surface area contributed by atoms with Crippen LogP contribution in [0.4, 0.5) is 0 Å². The fraction of sp³-hybridized carbons (Fsp3) is 0.867. The van der Waals surface area contributed by atoms with E-state index in [2.05, 4.69) is 20.4 Å². The Bertz CT molecular complexity index is 166. The minimum absolute atomic E-state index is 0.0822. The lowest BCUT2D eigenvalue weighted by Gasteiger charge is -2.18. The molecule has 0 aromatic carbocycles. The molecule has 17 heavy (non-hydrogen) atoms. The topological polar surface area (TPSA) is 18.5 Å². The Morgan fingerprint density at radius 2 is 1.41 bits per heavy atom. The van der Waals surface area contributed by atoms with Crippen LogP contribution in [0.2, 0.25) is 0 Å². The summed E-state index contributed by atoms with van der Waals surface area (Å²) in [4.78, 5) is 0. The van der Waals surface area contributed by atoms with Crippen molar-refractivity contribution in [3.8, 4) is 0 Å². The Balaban J connectivity index is 3.68. The van der Waals surface area contributed by atoms with E-state index in [4.69, 9.17) is 9.47 Å². The van der Waals surface area contributed by atoms with Crippen LogP contribution >= 0.6 is 0 Å². The molecule has 0 aliphatic heterocycles. The van der Waals surface area contributed by atoms with Gasteiger partial charge in [0.15, 0.2) is 6.29 Å². The molecule has 2 heteroatoms. The van der Waals surface area contributed by atoms with E-state index in [1.54, 1.807) is 0 Å². The molecule has 0 bridgehead atoms. The Hall–Kier alpha value is -0.340. The molecule has 0 aromatic rings. The molecular formula is C15H30O2. The highest BCUT2D eigenvalue weighted by atomic mass is 16.7. The molecule has 0 aliphatic rings. The quantitative estimate of drug-likeness (QED) is 0.281. The van der Waals surface area contributed by atoms with Gasteiger partial charge in [0.2, 0.25) is 0 Å². The highest BCUT2D eigenvalue weighted by Gasteiger charge is 2.09. The second kappa shape index (κ2) is 12.1. The van der Waals surface area contributed by atoms with Gasteiger partial charge in [0.25, 0.3) is 0 Å². The summed E-state index contributed by atoms with van der Waals surface area (Å²) >= 11 is 0. The Morgan fingerprint density at radius 3 is 1.76 bits per heavy atom. The average Bonchev–Trinajstić information content (AvgIpc) is 2.29. The fourth-order valence-electron chi connectivity index (χ4n) is 1.58. The molecule has 0 heterocycles. The third-order valence-electron chi connectivity index (χ3n) is 2.62. The van der Waals surface area contributed by atoms with E-state index in [1.807, 2.05) is 6.92 Å². The standard InChI is InChI=1S/C15H30O2/c1-5-7-9-11-16-15(13-14(3)4)17-12-10-8-6-2/h15H,3,5-13H2,1-2,4H3. The van der Waals surface area contributed by atoms with Crippen molar-refractivity contribution in [3.05, 3.63) is 12.2 Å². The molecule has 0 saturated heterocycles. The van der Waals surface area contributed by atoms with E-state index in [9.17, 15) is 0 Å². The first-order valence-corrected chi connectivity index (χ1v) is 7.08. The maximum atomic E-state index is 5.75. The fourth-order valence-corrected chi connectivity index (χ4v) is 1.58. The van der Waals surface area contributed by atoms with E-state index in [0.29, 0.717) is 0 Å². The van der Waals surface area contributed by atoms with Gasteiger partial charge in [0, 0.05) is 19.6 Å². The summed E-state index contributed by atoms with van der Waals surface area (Å²) < 4.78 is 11.5. The molecule has 0 rings (SSSR count). The van der Waals surface area contributed by atoms with Crippen molar-refractivity contribution in [2.75, 3.05) is 13.2 Å². The smallest absolute Gasteiger partial charge is 0.161 e. The zero-order chi connectivity index (χ0) is 12.9. The van der Waals surface area contributed by atoms with Crippen LogP contribution in [-0.2, 0) is 9.47 Å². The maximum Gasteiger partial charge on any atom is 0.161 e. The van der Waals surface area contributed by atoms with Crippen LogP contribution in [0.25, 0.3) is 0 Å². The first-order valence-electron chi connectivity index (χ1n) is 7.08. The monoisotopic (exact) mass is 242 g/mol. The highest BCUT2D eigenvalue weighted by molar-refractivity contribution is 4.88. The molecular weight excluding hydrogens is 212 g/mol. The van der Waals surface area contributed by atoms with Gasteiger partial charge in [-0.1, -0.05) is 51.7 Å². The van der Waals surface area contributed by atoms with Gasteiger partial charge in [-0.2, -0.15) is 0 Å². The van der Waals surface area contributed by atoms with Gasteiger partial charge in [-0.15, -0.1) is 0 Å². The van der Waals surface area contributed by atoms with Crippen LogP contribution < -0.4 is 0 Å².